The molecule has 0 bridgehead atoms. The van der Waals surface area contributed by atoms with Gasteiger partial charge in [0.2, 0.25) is 0 Å². The van der Waals surface area contributed by atoms with Gasteiger partial charge in [-0.25, -0.2) is 14.4 Å². The van der Waals surface area contributed by atoms with Crippen molar-refractivity contribution in [3.8, 4) is 0 Å². The van der Waals surface area contributed by atoms with Crippen molar-refractivity contribution in [2.75, 3.05) is 5.32 Å². The third-order valence-electron chi connectivity index (χ3n) is 2.37. The number of halogens is 3. The van der Waals surface area contributed by atoms with Gasteiger partial charge in [-0.05, 0) is 56.5 Å². The Morgan fingerprint density at radius 2 is 2.11 bits per heavy atom. The third kappa shape index (κ3) is 3.36. The maximum atomic E-state index is 13.4. The minimum absolute atomic E-state index is 0.222. The highest BCUT2D eigenvalue weighted by Crippen LogP contribution is 2.20. The number of benzene rings is 1. The standard InChI is InChI=1S/C12H8Br2FN3O/c1-6-2-3-7(4-8(6)15)12(19)18-11-10(14)17-9(13)5-16-11/h2-5H,1H3,(H,16,18,19). The Kier molecular flexibility index (Phi) is 4.26. The quantitative estimate of drug-likeness (QED) is 0.853. The van der Waals surface area contributed by atoms with Crippen molar-refractivity contribution in [1.29, 1.82) is 0 Å². The molecule has 0 aliphatic rings. The molecule has 0 fully saturated rings. The molecule has 98 valence electrons. The molecule has 1 aromatic carbocycles. The molecule has 1 heterocycles. The predicted octanol–water partition coefficient (Wildman–Crippen LogP) is 3.70. The van der Waals surface area contributed by atoms with Crippen molar-refractivity contribution >= 4 is 43.6 Å². The van der Waals surface area contributed by atoms with E-state index in [4.69, 9.17) is 0 Å². The van der Waals surface area contributed by atoms with Crippen LogP contribution in [0.4, 0.5) is 10.2 Å². The van der Waals surface area contributed by atoms with Gasteiger partial charge in [0.05, 0.1) is 6.20 Å². The summed E-state index contributed by atoms with van der Waals surface area (Å²) in [5.74, 6) is -0.598. The number of anilines is 1. The number of nitrogens with zero attached hydrogens (tertiary/aromatic N) is 2. The van der Waals surface area contributed by atoms with Gasteiger partial charge in [0.15, 0.2) is 5.82 Å². The van der Waals surface area contributed by atoms with E-state index in [0.29, 0.717) is 14.8 Å². The van der Waals surface area contributed by atoms with Gasteiger partial charge in [0.25, 0.3) is 5.91 Å². The smallest absolute Gasteiger partial charge is 0.256 e. The van der Waals surface area contributed by atoms with Gasteiger partial charge >= 0.3 is 0 Å². The second-order valence-electron chi connectivity index (χ2n) is 3.75. The number of nitrogens with one attached hydrogen (secondary N) is 1. The Balaban J connectivity index is 2.23. The van der Waals surface area contributed by atoms with Crippen LogP contribution in [0.15, 0.2) is 33.6 Å². The highest BCUT2D eigenvalue weighted by Gasteiger charge is 2.12. The van der Waals surface area contributed by atoms with Crippen LogP contribution in [0.3, 0.4) is 0 Å². The molecule has 2 aromatic rings. The zero-order valence-corrected chi connectivity index (χ0v) is 12.9. The van der Waals surface area contributed by atoms with Crippen LogP contribution in [0.25, 0.3) is 0 Å². The number of aryl methyl sites for hydroxylation is 1. The Morgan fingerprint density at radius 1 is 1.37 bits per heavy atom. The summed E-state index contributed by atoms with van der Waals surface area (Å²) in [5.41, 5.74) is 0.709. The number of rotatable bonds is 2. The molecule has 0 radical (unpaired) electrons. The molecule has 0 unspecified atom stereocenters. The summed E-state index contributed by atoms with van der Waals surface area (Å²) in [4.78, 5) is 20.0. The summed E-state index contributed by atoms with van der Waals surface area (Å²) in [6.45, 7) is 1.63. The normalized spacial score (nSPS) is 10.3. The van der Waals surface area contributed by atoms with Gasteiger partial charge < -0.3 is 5.32 Å². The Labute approximate surface area is 125 Å². The first-order chi connectivity index (χ1) is 8.97. The van der Waals surface area contributed by atoms with Gasteiger partial charge in [-0.2, -0.15) is 0 Å². The molecule has 1 aromatic heterocycles. The van der Waals surface area contributed by atoms with Gasteiger partial charge in [-0.1, -0.05) is 6.07 Å². The van der Waals surface area contributed by atoms with Crippen molar-refractivity contribution in [2.45, 2.75) is 6.92 Å². The molecule has 2 rings (SSSR count). The van der Waals surface area contributed by atoms with Gasteiger partial charge in [-0.15, -0.1) is 0 Å². The average Bonchev–Trinajstić information content (AvgIpc) is 2.36. The zero-order valence-electron chi connectivity index (χ0n) is 9.75. The number of carbonyl (C=O) groups is 1. The first kappa shape index (κ1) is 14.1. The van der Waals surface area contributed by atoms with Crippen LogP contribution in [0.1, 0.15) is 15.9 Å². The summed E-state index contributed by atoms with van der Waals surface area (Å²) in [6, 6.07) is 4.28. The van der Waals surface area contributed by atoms with Crippen molar-refractivity contribution < 1.29 is 9.18 Å². The van der Waals surface area contributed by atoms with E-state index in [0.717, 1.165) is 0 Å². The molecule has 7 heteroatoms. The predicted molar refractivity (Wildman–Crippen MR) is 76.5 cm³/mol. The number of carbonyl (C=O) groups excluding carboxylic acids is 1. The minimum Gasteiger partial charge on any atom is -0.304 e. The molecule has 19 heavy (non-hydrogen) atoms. The Hall–Kier alpha value is -1.34. The van der Waals surface area contributed by atoms with Crippen LogP contribution < -0.4 is 5.32 Å². The average molecular weight is 389 g/mol. The fraction of sp³-hybridized carbons (Fsp3) is 0.0833. The largest absolute Gasteiger partial charge is 0.304 e. The fourth-order valence-electron chi connectivity index (χ4n) is 1.34. The maximum Gasteiger partial charge on any atom is 0.256 e. The second kappa shape index (κ2) is 5.75. The van der Waals surface area contributed by atoms with Gasteiger partial charge in [-0.3, -0.25) is 4.79 Å². The number of aromatic nitrogens is 2. The molecule has 1 amide bonds. The van der Waals surface area contributed by atoms with Crippen LogP contribution in [0.2, 0.25) is 0 Å². The van der Waals surface area contributed by atoms with Crippen LogP contribution in [0, 0.1) is 12.7 Å². The van der Waals surface area contributed by atoms with Crippen LogP contribution in [-0.2, 0) is 0 Å². The lowest BCUT2D eigenvalue weighted by atomic mass is 10.1. The van der Waals surface area contributed by atoms with Gasteiger partial charge in [0.1, 0.15) is 15.0 Å². The van der Waals surface area contributed by atoms with Crippen molar-refractivity contribution in [3.05, 3.63) is 50.5 Å². The summed E-state index contributed by atoms with van der Waals surface area (Å²) >= 11 is 6.34. The van der Waals surface area contributed by atoms with Crippen molar-refractivity contribution in [3.63, 3.8) is 0 Å². The molecule has 4 nitrogen and oxygen atoms in total. The Bertz CT molecular complexity index is 649. The molecule has 0 atom stereocenters. The number of amides is 1. The van der Waals surface area contributed by atoms with E-state index in [9.17, 15) is 9.18 Å². The van der Waals surface area contributed by atoms with E-state index >= 15 is 0 Å². The Morgan fingerprint density at radius 3 is 2.74 bits per heavy atom. The summed E-state index contributed by atoms with van der Waals surface area (Å²) in [5, 5.41) is 2.55. The summed E-state index contributed by atoms with van der Waals surface area (Å²) in [7, 11) is 0. The van der Waals surface area contributed by atoms with E-state index in [2.05, 4.69) is 47.1 Å². The highest BCUT2D eigenvalue weighted by atomic mass is 79.9. The molecule has 0 saturated heterocycles. The van der Waals surface area contributed by atoms with Crippen LogP contribution in [-0.4, -0.2) is 15.9 Å². The lowest BCUT2D eigenvalue weighted by molar-refractivity contribution is 0.102. The molecule has 0 aliphatic carbocycles. The van der Waals surface area contributed by atoms with Gasteiger partial charge in [0, 0.05) is 5.56 Å². The molecule has 1 N–H and O–H groups in total. The lowest BCUT2D eigenvalue weighted by Gasteiger charge is -2.06. The lowest BCUT2D eigenvalue weighted by Crippen LogP contribution is -2.14. The summed E-state index contributed by atoms with van der Waals surface area (Å²) < 4.78 is 14.3. The van der Waals surface area contributed by atoms with E-state index in [1.165, 1.54) is 12.3 Å². The maximum absolute atomic E-state index is 13.4. The highest BCUT2D eigenvalue weighted by molar-refractivity contribution is 9.11. The molecule has 0 spiro atoms. The topological polar surface area (TPSA) is 54.9 Å². The molecule has 0 saturated carbocycles. The summed E-state index contributed by atoms with van der Waals surface area (Å²) in [6.07, 6.45) is 1.45. The number of hydrogen-bond acceptors (Lipinski definition) is 3. The van der Waals surface area contributed by atoms with E-state index in [1.807, 2.05) is 0 Å². The van der Waals surface area contributed by atoms with Crippen LogP contribution >= 0.6 is 31.9 Å². The second-order valence-corrected chi connectivity index (χ2v) is 5.31. The molecular weight excluding hydrogens is 381 g/mol. The van der Waals surface area contributed by atoms with E-state index in [1.54, 1.807) is 19.1 Å². The third-order valence-corrected chi connectivity index (χ3v) is 3.30. The molecule has 0 aliphatic heterocycles. The fourth-order valence-corrected chi connectivity index (χ4v) is 2.25. The zero-order chi connectivity index (χ0) is 14.0. The molecular formula is C12H8Br2FN3O. The number of hydrogen-bond donors (Lipinski definition) is 1. The van der Waals surface area contributed by atoms with Crippen molar-refractivity contribution in [1.82, 2.24) is 9.97 Å². The monoisotopic (exact) mass is 387 g/mol. The minimum atomic E-state index is -0.448. The first-order valence-electron chi connectivity index (χ1n) is 5.23. The van der Waals surface area contributed by atoms with E-state index < -0.39 is 11.7 Å². The van der Waals surface area contributed by atoms with Crippen molar-refractivity contribution in [2.24, 2.45) is 0 Å². The first-order valence-corrected chi connectivity index (χ1v) is 6.81. The van der Waals surface area contributed by atoms with Crippen LogP contribution in [0.5, 0.6) is 0 Å². The van der Waals surface area contributed by atoms with E-state index in [-0.39, 0.29) is 11.4 Å². The SMILES string of the molecule is Cc1ccc(C(=O)Nc2ncc(Br)nc2Br)cc1F.